The van der Waals surface area contributed by atoms with Gasteiger partial charge < -0.3 is 14.4 Å². The summed E-state index contributed by atoms with van der Waals surface area (Å²) < 4.78 is 25.9. The third-order valence-corrected chi connectivity index (χ3v) is 5.94. The number of pyridine rings is 1. The Morgan fingerprint density at radius 1 is 1.18 bits per heavy atom. The Morgan fingerprint density at radius 2 is 1.97 bits per heavy atom. The van der Waals surface area contributed by atoms with Crippen molar-refractivity contribution in [3.05, 3.63) is 58.8 Å². The van der Waals surface area contributed by atoms with Gasteiger partial charge in [-0.25, -0.2) is 9.37 Å². The van der Waals surface area contributed by atoms with E-state index in [1.54, 1.807) is 30.0 Å². The maximum absolute atomic E-state index is 13.6. The predicted molar refractivity (Wildman–Crippen MR) is 126 cm³/mol. The van der Waals surface area contributed by atoms with E-state index in [9.17, 15) is 4.39 Å². The number of nitrogens with zero attached hydrogens (tertiary/aromatic N) is 5. The number of hydrogen-bond acceptors (Lipinski definition) is 6. The second-order valence-corrected chi connectivity index (χ2v) is 8.51. The number of aromatic nitrogens is 4. The van der Waals surface area contributed by atoms with Crippen molar-refractivity contribution < 1.29 is 13.9 Å². The number of ether oxygens (including phenoxy) is 2. The molecule has 2 atom stereocenters. The second kappa shape index (κ2) is 9.39. The number of hydrogen-bond donors (Lipinski definition) is 0. The van der Waals surface area contributed by atoms with Gasteiger partial charge in [-0.15, -0.1) is 10.2 Å². The highest BCUT2D eigenvalue weighted by Gasteiger charge is 2.35. The molecule has 0 saturated carbocycles. The Labute approximate surface area is 200 Å². The summed E-state index contributed by atoms with van der Waals surface area (Å²) in [5.74, 6) is 1.46. The second-order valence-electron chi connectivity index (χ2n) is 8.11. The van der Waals surface area contributed by atoms with Crippen LogP contribution < -0.4 is 9.64 Å². The molecule has 12 heteroatoms. The van der Waals surface area contributed by atoms with E-state index in [2.05, 4.69) is 27.0 Å². The van der Waals surface area contributed by atoms with Crippen molar-refractivity contribution in [2.45, 2.75) is 24.7 Å². The van der Waals surface area contributed by atoms with E-state index >= 15 is 0 Å². The van der Waals surface area contributed by atoms with Crippen LogP contribution in [0.25, 0.3) is 5.69 Å². The van der Waals surface area contributed by atoms with Gasteiger partial charge in [0.2, 0.25) is 11.8 Å². The van der Waals surface area contributed by atoms with Crippen LogP contribution in [0.2, 0.25) is 5.02 Å². The van der Waals surface area contributed by atoms with Crippen LogP contribution in [-0.4, -0.2) is 68.8 Å². The average Bonchev–Trinajstić information content (AvgIpc) is 3.35. The molecule has 0 unspecified atom stereocenters. The van der Waals surface area contributed by atoms with E-state index < -0.39 is 5.30 Å². The van der Waals surface area contributed by atoms with Gasteiger partial charge in [0.05, 0.1) is 42.5 Å². The van der Waals surface area contributed by atoms with Crippen molar-refractivity contribution in [2.75, 3.05) is 25.1 Å². The smallest absolute Gasteiger partial charge is 0.232 e. The van der Waals surface area contributed by atoms with Crippen LogP contribution in [0.3, 0.4) is 0 Å². The van der Waals surface area contributed by atoms with Gasteiger partial charge in [0, 0.05) is 30.1 Å². The Morgan fingerprint density at radius 3 is 2.61 bits per heavy atom. The summed E-state index contributed by atoms with van der Waals surface area (Å²) in [6, 6.07) is 8.07. The third kappa shape index (κ3) is 5.19. The molecule has 1 saturated heterocycles. The number of halogens is 2. The summed E-state index contributed by atoms with van der Waals surface area (Å²) in [6.07, 6.45) is 1.64. The molecular formula is C21H20B3ClFN5O2. The van der Waals surface area contributed by atoms with Crippen LogP contribution in [0.5, 0.6) is 5.88 Å². The first-order valence-corrected chi connectivity index (χ1v) is 10.7. The Hall–Kier alpha value is -2.52. The molecule has 1 fully saturated rings. The summed E-state index contributed by atoms with van der Waals surface area (Å²) >= 11 is 6.35. The minimum Gasteiger partial charge on any atom is -0.481 e. The van der Waals surface area contributed by atoms with Crippen LogP contribution in [-0.2, 0) is 11.3 Å². The molecule has 0 N–H and O–H groups in total. The average molecular weight is 461 g/mol. The van der Waals surface area contributed by atoms with Crippen LogP contribution in [0.15, 0.2) is 36.5 Å². The molecule has 7 nitrogen and oxygen atoms in total. The zero-order chi connectivity index (χ0) is 23.8. The molecule has 0 amide bonds. The quantitative estimate of drug-likeness (QED) is 0.504. The van der Waals surface area contributed by atoms with Crippen LogP contribution in [0.4, 0.5) is 10.3 Å². The Bertz CT molecular complexity index is 1130. The van der Waals surface area contributed by atoms with Gasteiger partial charge in [-0.1, -0.05) is 24.6 Å². The van der Waals surface area contributed by atoms with Crippen LogP contribution in [0.1, 0.15) is 24.2 Å². The number of anilines is 1. The van der Waals surface area contributed by atoms with E-state index in [0.29, 0.717) is 41.5 Å². The topological polar surface area (TPSA) is 65.3 Å². The van der Waals surface area contributed by atoms with Crippen LogP contribution >= 0.6 is 11.6 Å². The van der Waals surface area contributed by atoms with E-state index in [4.69, 9.17) is 44.6 Å². The molecule has 1 aliphatic rings. The van der Waals surface area contributed by atoms with E-state index in [-0.39, 0.29) is 24.3 Å². The van der Waals surface area contributed by atoms with Gasteiger partial charge in [0.25, 0.3) is 0 Å². The van der Waals surface area contributed by atoms with E-state index in [1.807, 2.05) is 6.07 Å². The molecule has 1 aromatic carbocycles. The maximum Gasteiger partial charge on any atom is 0.232 e. The summed E-state index contributed by atoms with van der Waals surface area (Å²) in [5.41, 5.74) is 1.59. The van der Waals surface area contributed by atoms with Crippen molar-refractivity contribution in [3.8, 4) is 11.6 Å². The van der Waals surface area contributed by atoms with E-state index in [1.165, 1.54) is 12.1 Å². The lowest BCUT2D eigenvalue weighted by atomic mass is 9.52. The molecule has 3 aromatic rings. The summed E-state index contributed by atoms with van der Waals surface area (Å²) in [5, 5.41) is 7.27. The molecule has 1 aliphatic heterocycles. The molecule has 0 bridgehead atoms. The molecule has 6 radical (unpaired) electrons. The maximum atomic E-state index is 13.6. The molecule has 0 aliphatic carbocycles. The van der Waals surface area contributed by atoms with Gasteiger partial charge in [0.15, 0.2) is 5.82 Å². The number of methoxy groups -OCH3 is 1. The monoisotopic (exact) mass is 461 g/mol. The van der Waals surface area contributed by atoms with Crippen LogP contribution in [0, 0.1) is 11.7 Å². The lowest BCUT2D eigenvalue weighted by molar-refractivity contribution is 0.108. The summed E-state index contributed by atoms with van der Waals surface area (Å²) in [7, 11) is 18.2. The largest absolute Gasteiger partial charge is 0.481 e. The highest BCUT2D eigenvalue weighted by Crippen LogP contribution is 2.38. The van der Waals surface area contributed by atoms with Gasteiger partial charge >= 0.3 is 0 Å². The van der Waals surface area contributed by atoms with E-state index in [0.717, 1.165) is 5.56 Å². The molecule has 2 aromatic heterocycles. The summed E-state index contributed by atoms with van der Waals surface area (Å²) in [6.45, 7) is 3.36. The minimum atomic E-state index is -1.82. The lowest BCUT2D eigenvalue weighted by Gasteiger charge is -2.22. The molecule has 164 valence electrons. The Kier molecular flexibility index (Phi) is 6.72. The molecular weight excluding hydrogens is 441 g/mol. The highest BCUT2D eigenvalue weighted by atomic mass is 35.5. The van der Waals surface area contributed by atoms with Crippen molar-refractivity contribution >= 4 is 41.1 Å². The van der Waals surface area contributed by atoms with Crippen molar-refractivity contribution in [1.82, 2.24) is 19.7 Å². The number of benzene rings is 1. The standard InChI is InChI=1S/C21H20B3ClFN5O2/c1-12-9-30(10-16(12)15-5-3-13(26)7-17(15)25)20-29-28-18(11-33-21(22,23)24)31(20)14-4-6-19(32-2)27-8-14/h3-8,12,16H,9-11H2,1-2H3/t12-,16-/m0/s1. The fourth-order valence-corrected chi connectivity index (χ4v) is 4.33. The summed E-state index contributed by atoms with van der Waals surface area (Å²) in [4.78, 5) is 6.38. The molecule has 33 heavy (non-hydrogen) atoms. The lowest BCUT2D eigenvalue weighted by Crippen LogP contribution is -2.34. The first kappa shape index (κ1) is 23.6. The zero-order valence-electron chi connectivity index (χ0n) is 18.3. The first-order valence-electron chi connectivity index (χ1n) is 10.3. The first-order chi connectivity index (χ1) is 15.7. The minimum absolute atomic E-state index is 0.0703. The van der Waals surface area contributed by atoms with Crippen molar-refractivity contribution in [2.24, 2.45) is 5.92 Å². The predicted octanol–water partition coefficient (Wildman–Crippen LogP) is 2.34. The molecule has 4 rings (SSSR count). The molecule has 3 heterocycles. The Balaban J connectivity index is 1.68. The fraction of sp³-hybridized carbons (Fsp3) is 0.381. The van der Waals surface area contributed by atoms with Gasteiger partial charge in [-0.3, -0.25) is 4.57 Å². The third-order valence-electron chi connectivity index (χ3n) is 5.61. The SMILES string of the molecule is [B]C([B])([B])OCc1nnc(N2C[C@H](c3ccc(F)cc3Cl)[C@@H](C)C2)n1-c1ccc(OC)nc1. The van der Waals surface area contributed by atoms with Gasteiger partial charge in [-0.05, 0) is 35.0 Å². The van der Waals surface area contributed by atoms with Gasteiger partial charge in [0.1, 0.15) is 12.4 Å². The fourth-order valence-electron chi connectivity index (χ4n) is 4.02. The normalized spacial score (nSPS) is 18.6. The molecule has 0 spiro atoms. The number of rotatable bonds is 7. The van der Waals surface area contributed by atoms with Gasteiger partial charge in [-0.2, -0.15) is 0 Å². The van der Waals surface area contributed by atoms with Crippen molar-refractivity contribution in [3.63, 3.8) is 0 Å². The zero-order valence-corrected chi connectivity index (χ0v) is 19.0. The highest BCUT2D eigenvalue weighted by molar-refractivity contribution is 6.58. The van der Waals surface area contributed by atoms with Crippen molar-refractivity contribution in [1.29, 1.82) is 0 Å².